The normalized spacial score (nSPS) is 23.6. The fraction of sp³-hybridized carbons (Fsp3) is 0.340. The summed E-state index contributed by atoms with van der Waals surface area (Å²) in [6.07, 6.45) is 20.9. The van der Waals surface area contributed by atoms with E-state index in [1.807, 2.05) is 140 Å². The van der Waals surface area contributed by atoms with Crippen LogP contribution < -0.4 is 9.47 Å². The lowest BCUT2D eigenvalue weighted by atomic mass is 9.73. The van der Waals surface area contributed by atoms with Crippen molar-refractivity contribution in [2.75, 3.05) is 45.9 Å². The summed E-state index contributed by atoms with van der Waals surface area (Å²) >= 11 is 0. The highest BCUT2D eigenvalue weighted by molar-refractivity contribution is 5.93. The fourth-order valence-corrected chi connectivity index (χ4v) is 17.9. The molecular formula is C97H102N6O16. The molecule has 13 heterocycles. The first kappa shape index (κ1) is 85.2. The number of aromatic nitrogens is 3. The van der Waals surface area contributed by atoms with E-state index in [0.29, 0.717) is 57.9 Å². The molecule has 0 amide bonds. The van der Waals surface area contributed by atoms with Crippen molar-refractivity contribution in [2.45, 2.75) is 127 Å². The maximum Gasteiger partial charge on any atom is 0.373 e. The molecule has 0 radical (unpaired) electrons. The van der Waals surface area contributed by atoms with E-state index in [0.717, 1.165) is 181 Å². The van der Waals surface area contributed by atoms with Crippen molar-refractivity contribution < 1.29 is 77.6 Å². The van der Waals surface area contributed by atoms with E-state index in [1.54, 1.807) is 55.0 Å². The molecule has 0 aliphatic carbocycles. The number of phenolic OH excluding ortho intramolecular Hbond substituents is 1. The molecule has 16 atom stereocenters. The Balaban J connectivity index is 0.000000141. The number of rotatable bonds is 22. The Labute approximate surface area is 693 Å². The van der Waals surface area contributed by atoms with Gasteiger partial charge in [0.25, 0.3) is 0 Å². The van der Waals surface area contributed by atoms with Gasteiger partial charge in [0, 0.05) is 83.6 Å². The van der Waals surface area contributed by atoms with Gasteiger partial charge in [-0.3, -0.25) is 29.7 Å². The van der Waals surface area contributed by atoms with Crippen molar-refractivity contribution >= 4 is 62.7 Å². The Hall–Kier alpha value is -11.7. The maximum atomic E-state index is 13.4. The lowest BCUT2D eigenvalue weighted by Gasteiger charge is -2.51. The van der Waals surface area contributed by atoms with Gasteiger partial charge in [0.05, 0.1) is 77.8 Å². The van der Waals surface area contributed by atoms with Crippen molar-refractivity contribution in [3.63, 3.8) is 0 Å². The number of pyridine rings is 3. The highest BCUT2D eigenvalue weighted by Crippen LogP contribution is 2.48. The van der Waals surface area contributed by atoms with E-state index in [-0.39, 0.29) is 62.1 Å². The Kier molecular flexibility index (Phi) is 29.1. The fourth-order valence-electron chi connectivity index (χ4n) is 17.9. The zero-order valence-corrected chi connectivity index (χ0v) is 66.9. The van der Waals surface area contributed by atoms with Crippen LogP contribution in [0.2, 0.25) is 0 Å². The summed E-state index contributed by atoms with van der Waals surface area (Å²) < 4.78 is 35.0. The van der Waals surface area contributed by atoms with Gasteiger partial charge in [0.1, 0.15) is 35.6 Å². The Morgan fingerprint density at radius 3 is 1.20 bits per heavy atom. The molecule has 10 fully saturated rings. The number of ether oxygens (including phenoxy) is 6. The van der Waals surface area contributed by atoms with Crippen LogP contribution in [0.1, 0.15) is 146 Å². The summed E-state index contributed by atoms with van der Waals surface area (Å²) in [4.78, 5) is 88.4. The van der Waals surface area contributed by atoms with Crippen LogP contribution in [0.4, 0.5) is 0 Å². The van der Waals surface area contributed by atoms with E-state index in [2.05, 4.69) is 68.1 Å². The molecule has 22 heteroatoms. The second-order valence-corrected chi connectivity index (χ2v) is 31.3. The number of aromatic hydroxyl groups is 1. The SMILES string of the molecule is C=CC(=O)Oc1ccc(C(=O)O[C@@H](c2ccnc3ccc(CO)cc23)[C@@H]2CC3CCN2C[C@@H]3C=C)cc1.C=C[C@H]1CN2CCC1C[C@H]2[C@@H](OC(=O)c1ccc(C)cc1)c1ccnc2ccc(CO)cc12.C=C[C@H]1CN2CCC1C[C@H]2[C@@H](OC(=O)c1ccc(O)cc1)c1ccnc2ccc(CO)cc12.O=C=O.c1ccc(OC2CCCCO2)cc1. The van der Waals surface area contributed by atoms with Crippen LogP contribution >= 0.6 is 0 Å². The number of piperidine rings is 9. The summed E-state index contributed by atoms with van der Waals surface area (Å²) in [5, 5.41) is 41.4. The van der Waals surface area contributed by atoms with Crippen LogP contribution in [0, 0.1) is 42.4 Å². The second kappa shape index (κ2) is 40.6. The van der Waals surface area contributed by atoms with E-state index >= 15 is 0 Å². The Morgan fingerprint density at radius 1 is 0.487 bits per heavy atom. The average Bonchev–Trinajstić information content (AvgIpc) is 0.768. The van der Waals surface area contributed by atoms with E-state index in [4.69, 9.17) is 38.0 Å². The standard InChI is InChI=1S/C30H30N2O5.C28H30N2O3.C27H28N2O4.C11H14O2.CO2/c1-3-20-17-32-14-12-22(20)16-27(32)29(24-11-13-31-26-10-5-19(18-33)15-25(24)26)37-30(35)21-6-8-23(9-7-21)36-28(34)4-2;1-3-20-16-30-13-11-22(20)15-26(30)27(33-28(32)21-7-4-18(2)5-8-21)23-10-12-29-25-9-6-19(17-31)14-24(23)25;1-2-18-15-29-12-10-20(18)14-25(29)26(33-27(32)19-4-6-21(31)7-5-19)22-9-11-28-24-8-3-17(16-30)13-23(22)24;1-2-6-10(7-3-1)13-11-8-4-5-9-12-11;2-1-3/h3-11,13,15,20,22,27,29,33H,1-2,12,14,16-18H2;3-10,12,14,20,22,26-27,31H,1,11,13,15-17H2,2H3;2-9,11,13,18,20,25-26,30-31H,1,10,12,14-16H2;1-3,6-7,11H,4-5,8-9H2;/t20-,22?,27-,29-;20-,22?,26-,27-;18-,20?,25-,26-;;/m000../s1. The molecule has 10 aliphatic rings. The molecule has 4 N–H and O–H groups in total. The van der Waals surface area contributed by atoms with E-state index < -0.39 is 36.2 Å². The predicted molar refractivity (Wildman–Crippen MR) is 450 cm³/mol. The first-order valence-electron chi connectivity index (χ1n) is 40.8. The number of benzene rings is 7. The van der Waals surface area contributed by atoms with Crippen LogP contribution in [0.15, 0.2) is 245 Å². The highest BCUT2D eigenvalue weighted by atomic mass is 16.7. The van der Waals surface area contributed by atoms with Crippen LogP contribution in [0.3, 0.4) is 0 Å². The molecule has 616 valence electrons. The minimum Gasteiger partial charge on any atom is -0.508 e. The van der Waals surface area contributed by atoms with Crippen LogP contribution in [0.25, 0.3) is 32.7 Å². The van der Waals surface area contributed by atoms with Gasteiger partial charge in [-0.1, -0.05) is 78.9 Å². The van der Waals surface area contributed by atoms with Crippen molar-refractivity contribution in [3.8, 4) is 17.2 Å². The van der Waals surface area contributed by atoms with Crippen molar-refractivity contribution in [3.05, 3.63) is 301 Å². The third-order valence-electron chi connectivity index (χ3n) is 24.2. The molecule has 7 aromatic carbocycles. The number of aliphatic hydroxyl groups excluding tert-OH is 3. The number of para-hydroxylation sites is 1. The molecule has 10 aliphatic heterocycles. The van der Waals surface area contributed by atoms with Gasteiger partial charge in [-0.05, 0) is 258 Å². The zero-order chi connectivity index (χ0) is 83.5. The molecule has 7 unspecified atom stereocenters. The van der Waals surface area contributed by atoms with Gasteiger partial charge in [-0.15, -0.1) is 19.7 Å². The van der Waals surface area contributed by atoms with Crippen molar-refractivity contribution in [1.82, 2.24) is 29.7 Å². The van der Waals surface area contributed by atoms with Gasteiger partial charge in [0.15, 0.2) is 6.29 Å². The molecule has 22 nitrogen and oxygen atoms in total. The van der Waals surface area contributed by atoms with Gasteiger partial charge < -0.3 is 48.8 Å². The third kappa shape index (κ3) is 20.7. The number of fused-ring (bicyclic) bond motifs is 12. The molecule has 10 saturated heterocycles. The van der Waals surface area contributed by atoms with Gasteiger partial charge >= 0.3 is 30.0 Å². The molecule has 3 aromatic heterocycles. The van der Waals surface area contributed by atoms with Crippen LogP contribution in [-0.4, -0.2) is 150 Å². The average molecular weight is 1610 g/mol. The number of carbonyl (C=O) groups excluding carboxylic acids is 6. The van der Waals surface area contributed by atoms with E-state index in [1.165, 1.54) is 18.6 Å². The lowest BCUT2D eigenvalue weighted by Crippen LogP contribution is -2.55. The maximum absolute atomic E-state index is 13.4. The van der Waals surface area contributed by atoms with Gasteiger partial charge in [-0.25, -0.2) is 19.2 Å². The summed E-state index contributed by atoms with van der Waals surface area (Å²) in [5.41, 5.74) is 9.93. The number of phenols is 1. The molecular weight excluding hydrogens is 1510 g/mol. The van der Waals surface area contributed by atoms with Gasteiger partial charge in [0.2, 0.25) is 0 Å². The quantitative estimate of drug-likeness (QED) is 0.0161. The number of carbonyl (C=O) groups is 4. The molecule has 119 heavy (non-hydrogen) atoms. The number of hydrogen-bond donors (Lipinski definition) is 4. The Bertz CT molecular complexity index is 5040. The summed E-state index contributed by atoms with van der Waals surface area (Å²) in [7, 11) is 0. The molecule has 0 saturated carbocycles. The minimum atomic E-state index is -0.568. The van der Waals surface area contributed by atoms with Crippen molar-refractivity contribution in [1.29, 1.82) is 0 Å². The topological polar surface area (TPSA) is 287 Å². The summed E-state index contributed by atoms with van der Waals surface area (Å²) in [5.74, 6) is 2.50. The highest BCUT2D eigenvalue weighted by Gasteiger charge is 2.48. The first-order valence-corrected chi connectivity index (χ1v) is 40.8. The van der Waals surface area contributed by atoms with Gasteiger partial charge in [-0.2, -0.15) is 9.59 Å². The smallest absolute Gasteiger partial charge is 0.373 e. The molecule has 0 spiro atoms. The summed E-state index contributed by atoms with van der Waals surface area (Å²) in [6, 6.07) is 52.8. The van der Waals surface area contributed by atoms with E-state index in [9.17, 15) is 39.6 Å². The number of hydrogen-bond acceptors (Lipinski definition) is 22. The zero-order valence-electron chi connectivity index (χ0n) is 66.9. The molecule has 20 rings (SSSR count). The van der Waals surface area contributed by atoms with Crippen LogP contribution in [0.5, 0.6) is 17.2 Å². The van der Waals surface area contributed by atoms with Crippen LogP contribution in [-0.2, 0) is 53.2 Å². The number of esters is 4. The first-order chi connectivity index (χ1) is 58.0. The Morgan fingerprint density at radius 2 is 0.866 bits per heavy atom. The lowest BCUT2D eigenvalue weighted by molar-refractivity contribution is -0.191. The van der Waals surface area contributed by atoms with Crippen molar-refractivity contribution in [2.24, 2.45) is 35.5 Å². The monoisotopic (exact) mass is 1610 g/mol. The number of aryl methyl sites for hydroxylation is 1. The predicted octanol–water partition coefficient (Wildman–Crippen LogP) is 15.7. The number of nitrogens with zero attached hydrogens (tertiary/aromatic N) is 6. The minimum absolute atomic E-state index is 0.00935. The molecule has 6 bridgehead atoms. The largest absolute Gasteiger partial charge is 0.508 e. The second-order valence-electron chi connectivity index (χ2n) is 31.3. The number of aliphatic hydroxyl groups is 3. The molecule has 10 aromatic rings. The summed E-state index contributed by atoms with van der Waals surface area (Å²) in [6.45, 7) is 23.8. The third-order valence-corrected chi connectivity index (χ3v) is 24.2.